The molecule has 0 saturated heterocycles. The van der Waals surface area contributed by atoms with Crippen molar-refractivity contribution in [3.63, 3.8) is 0 Å². The largest absolute Gasteiger partial charge is 0.457 e. The van der Waals surface area contributed by atoms with Crippen molar-refractivity contribution in [1.82, 2.24) is 15.8 Å². The Morgan fingerprint density at radius 2 is 1.42 bits per heavy atom. The first-order chi connectivity index (χ1) is 12.6. The summed E-state index contributed by atoms with van der Waals surface area (Å²) in [7, 11) is 0. The number of benzene rings is 2. The zero-order valence-corrected chi connectivity index (χ0v) is 14.2. The number of ether oxygens (including phenoxy) is 1. The van der Waals surface area contributed by atoms with E-state index in [2.05, 4.69) is 15.8 Å². The van der Waals surface area contributed by atoms with Gasteiger partial charge >= 0.3 is 0 Å². The summed E-state index contributed by atoms with van der Waals surface area (Å²) in [6.45, 7) is 0. The van der Waals surface area contributed by atoms with Gasteiger partial charge < -0.3 is 4.74 Å². The molecule has 6 nitrogen and oxygen atoms in total. The molecule has 0 spiro atoms. The van der Waals surface area contributed by atoms with Gasteiger partial charge in [-0.05, 0) is 48.5 Å². The number of hydrogen-bond donors (Lipinski definition) is 2. The van der Waals surface area contributed by atoms with Crippen LogP contribution in [0.15, 0.2) is 73.1 Å². The fourth-order valence-electron chi connectivity index (χ4n) is 2.12. The van der Waals surface area contributed by atoms with Gasteiger partial charge in [0.25, 0.3) is 11.8 Å². The van der Waals surface area contributed by atoms with Gasteiger partial charge in [0, 0.05) is 18.0 Å². The molecule has 0 atom stereocenters. The van der Waals surface area contributed by atoms with Gasteiger partial charge in [0.2, 0.25) is 0 Å². The lowest BCUT2D eigenvalue weighted by molar-refractivity contribution is 0.0846. The molecule has 1 aromatic heterocycles. The fourth-order valence-corrected chi connectivity index (χ4v) is 2.34. The first-order valence-electron chi connectivity index (χ1n) is 7.66. The maximum atomic E-state index is 12.1. The van der Waals surface area contributed by atoms with Gasteiger partial charge in [0.05, 0.1) is 10.6 Å². The van der Waals surface area contributed by atoms with E-state index in [-0.39, 0.29) is 5.56 Å². The molecule has 0 aliphatic heterocycles. The fraction of sp³-hybridized carbons (Fsp3) is 0. The molecule has 7 heteroatoms. The molecule has 0 unspecified atom stereocenters. The summed E-state index contributed by atoms with van der Waals surface area (Å²) >= 11 is 5.94. The van der Waals surface area contributed by atoms with Gasteiger partial charge in [-0.2, -0.15) is 0 Å². The second-order valence-electron chi connectivity index (χ2n) is 5.20. The lowest BCUT2D eigenvalue weighted by atomic mass is 10.2. The molecule has 2 amide bonds. The minimum absolute atomic E-state index is 0.274. The number of carbonyl (C=O) groups excluding carboxylic acids is 2. The maximum absolute atomic E-state index is 12.1. The molecule has 0 bridgehead atoms. The highest BCUT2D eigenvalue weighted by Crippen LogP contribution is 2.20. The van der Waals surface area contributed by atoms with Crippen molar-refractivity contribution >= 4 is 23.4 Å². The van der Waals surface area contributed by atoms with E-state index >= 15 is 0 Å². The molecule has 2 aromatic carbocycles. The number of hydrogen-bond acceptors (Lipinski definition) is 4. The van der Waals surface area contributed by atoms with E-state index in [0.717, 1.165) is 0 Å². The normalized spacial score (nSPS) is 10.0. The Labute approximate surface area is 154 Å². The van der Waals surface area contributed by atoms with Crippen molar-refractivity contribution in [3.05, 3.63) is 89.2 Å². The summed E-state index contributed by atoms with van der Waals surface area (Å²) in [5, 5.41) is 0.303. The number of pyridine rings is 1. The highest BCUT2D eigenvalue weighted by atomic mass is 35.5. The quantitative estimate of drug-likeness (QED) is 0.690. The average Bonchev–Trinajstić information content (AvgIpc) is 2.67. The van der Waals surface area contributed by atoms with Crippen LogP contribution in [-0.2, 0) is 0 Å². The second-order valence-corrected chi connectivity index (χ2v) is 5.60. The van der Waals surface area contributed by atoms with Crippen LogP contribution in [0.4, 0.5) is 0 Å². The van der Waals surface area contributed by atoms with Crippen LogP contribution in [0.2, 0.25) is 5.02 Å². The number of hydrazine groups is 1. The van der Waals surface area contributed by atoms with Crippen molar-refractivity contribution in [2.75, 3.05) is 0 Å². The SMILES string of the molecule is O=C(NNC(=O)c1ccccc1Cl)c1ccc(Oc2ccncc2)cc1. The Kier molecular flexibility index (Phi) is 5.46. The Bertz CT molecular complexity index is 915. The molecule has 3 rings (SSSR count). The van der Waals surface area contributed by atoms with Crippen molar-refractivity contribution in [1.29, 1.82) is 0 Å². The van der Waals surface area contributed by atoms with Gasteiger partial charge in [0.15, 0.2) is 0 Å². The molecule has 130 valence electrons. The Morgan fingerprint density at radius 3 is 2.12 bits per heavy atom. The lowest BCUT2D eigenvalue weighted by Crippen LogP contribution is -2.41. The van der Waals surface area contributed by atoms with E-state index < -0.39 is 11.8 Å². The molecule has 0 saturated carbocycles. The summed E-state index contributed by atoms with van der Waals surface area (Å²) in [6, 6.07) is 16.5. The van der Waals surface area contributed by atoms with Gasteiger partial charge in [-0.1, -0.05) is 23.7 Å². The Morgan fingerprint density at radius 1 is 0.808 bits per heavy atom. The van der Waals surface area contributed by atoms with Gasteiger partial charge in [-0.25, -0.2) is 0 Å². The van der Waals surface area contributed by atoms with Crippen molar-refractivity contribution in [3.8, 4) is 11.5 Å². The summed E-state index contributed by atoms with van der Waals surface area (Å²) in [6.07, 6.45) is 3.25. The van der Waals surface area contributed by atoms with E-state index in [1.54, 1.807) is 73.1 Å². The van der Waals surface area contributed by atoms with Gasteiger partial charge in [-0.15, -0.1) is 0 Å². The molecule has 3 aromatic rings. The van der Waals surface area contributed by atoms with Crippen LogP contribution in [-0.4, -0.2) is 16.8 Å². The summed E-state index contributed by atoms with van der Waals surface area (Å²) < 4.78 is 5.63. The standard InChI is InChI=1S/C19H14ClN3O3/c20-17-4-2-1-3-16(17)19(25)23-22-18(24)13-5-7-14(8-6-13)26-15-9-11-21-12-10-15/h1-12H,(H,22,24)(H,23,25). The van der Waals surface area contributed by atoms with Crippen molar-refractivity contribution in [2.45, 2.75) is 0 Å². The number of carbonyl (C=O) groups is 2. The molecule has 2 N–H and O–H groups in total. The van der Waals surface area contributed by atoms with Crippen LogP contribution in [0, 0.1) is 0 Å². The molecular formula is C19H14ClN3O3. The number of aromatic nitrogens is 1. The third-order valence-electron chi connectivity index (χ3n) is 3.41. The summed E-state index contributed by atoms with van der Waals surface area (Å²) in [4.78, 5) is 28.1. The number of rotatable bonds is 4. The lowest BCUT2D eigenvalue weighted by Gasteiger charge is -2.09. The van der Waals surface area contributed by atoms with Crippen molar-refractivity contribution < 1.29 is 14.3 Å². The first kappa shape index (κ1) is 17.4. The first-order valence-corrected chi connectivity index (χ1v) is 8.04. The summed E-state index contributed by atoms with van der Waals surface area (Å²) in [5.41, 5.74) is 5.32. The van der Waals surface area contributed by atoms with Crippen LogP contribution < -0.4 is 15.6 Å². The predicted octanol–water partition coefficient (Wildman–Crippen LogP) is 3.60. The zero-order valence-electron chi connectivity index (χ0n) is 13.5. The van der Waals surface area contributed by atoms with Crippen LogP contribution >= 0.6 is 11.6 Å². The minimum Gasteiger partial charge on any atom is -0.457 e. The topological polar surface area (TPSA) is 80.3 Å². The third kappa shape index (κ3) is 4.37. The van der Waals surface area contributed by atoms with E-state index in [1.165, 1.54) is 0 Å². The third-order valence-corrected chi connectivity index (χ3v) is 3.74. The highest BCUT2D eigenvalue weighted by molar-refractivity contribution is 6.33. The van der Waals surface area contributed by atoms with E-state index in [1.807, 2.05) is 0 Å². The summed E-state index contributed by atoms with van der Waals surface area (Å²) in [5.74, 6) is 0.263. The van der Waals surface area contributed by atoms with E-state index in [0.29, 0.717) is 22.1 Å². The monoisotopic (exact) mass is 367 g/mol. The zero-order chi connectivity index (χ0) is 18.4. The second kappa shape index (κ2) is 8.13. The number of nitrogens with zero attached hydrogens (tertiary/aromatic N) is 1. The van der Waals surface area contributed by atoms with Gasteiger partial charge in [0.1, 0.15) is 11.5 Å². The smallest absolute Gasteiger partial charge is 0.271 e. The molecular weight excluding hydrogens is 354 g/mol. The molecule has 26 heavy (non-hydrogen) atoms. The molecule has 1 heterocycles. The Hall–Kier alpha value is -3.38. The van der Waals surface area contributed by atoms with E-state index in [9.17, 15) is 9.59 Å². The van der Waals surface area contributed by atoms with Gasteiger partial charge in [-0.3, -0.25) is 25.4 Å². The minimum atomic E-state index is -0.499. The number of nitrogens with one attached hydrogen (secondary N) is 2. The molecule has 0 aliphatic rings. The predicted molar refractivity (Wildman–Crippen MR) is 97.1 cm³/mol. The molecule has 0 radical (unpaired) electrons. The van der Waals surface area contributed by atoms with E-state index in [4.69, 9.17) is 16.3 Å². The molecule has 0 aliphatic carbocycles. The van der Waals surface area contributed by atoms with Crippen LogP contribution in [0.25, 0.3) is 0 Å². The highest BCUT2D eigenvalue weighted by Gasteiger charge is 2.11. The number of halogens is 1. The van der Waals surface area contributed by atoms with Crippen molar-refractivity contribution in [2.24, 2.45) is 0 Å². The average molecular weight is 368 g/mol. The van der Waals surface area contributed by atoms with Crippen LogP contribution in [0.5, 0.6) is 11.5 Å². The Balaban J connectivity index is 1.58. The molecule has 0 fully saturated rings. The number of amides is 2. The maximum Gasteiger partial charge on any atom is 0.271 e. The van der Waals surface area contributed by atoms with Crippen LogP contribution in [0.1, 0.15) is 20.7 Å². The van der Waals surface area contributed by atoms with Crippen LogP contribution in [0.3, 0.4) is 0 Å².